The molecule has 1 aliphatic carbocycles. The van der Waals surface area contributed by atoms with Gasteiger partial charge < -0.3 is 5.32 Å². The molecule has 14 heavy (non-hydrogen) atoms. The molecular weight excluding hydrogens is 174 g/mol. The van der Waals surface area contributed by atoms with Crippen LogP contribution in [-0.4, -0.2) is 23.4 Å². The Morgan fingerprint density at radius 2 is 2.36 bits per heavy atom. The van der Waals surface area contributed by atoms with E-state index in [4.69, 9.17) is 0 Å². The van der Waals surface area contributed by atoms with Crippen LogP contribution in [0.1, 0.15) is 23.4 Å². The zero-order valence-corrected chi connectivity index (χ0v) is 9.30. The van der Waals surface area contributed by atoms with E-state index in [1.807, 2.05) is 18.8 Å². The summed E-state index contributed by atoms with van der Waals surface area (Å²) in [6, 6.07) is 0. The number of rotatable bonds is 2. The Labute approximate surface area is 85.5 Å². The number of nitrogens with zero attached hydrogens (tertiary/aromatic N) is 2. The van der Waals surface area contributed by atoms with Crippen molar-refractivity contribution < 1.29 is 0 Å². The average molecular weight is 193 g/mol. The molecule has 0 aliphatic heterocycles. The van der Waals surface area contributed by atoms with Gasteiger partial charge in [0, 0.05) is 12.7 Å². The first-order valence-corrected chi connectivity index (χ1v) is 5.38. The summed E-state index contributed by atoms with van der Waals surface area (Å²) < 4.78 is 2.02. The lowest BCUT2D eigenvalue weighted by molar-refractivity contribution is 0.435. The average Bonchev–Trinajstić information content (AvgIpc) is 2.43. The minimum atomic E-state index is 0.779. The predicted octanol–water partition coefficient (Wildman–Crippen LogP) is 1.05. The van der Waals surface area contributed by atoms with Crippen LogP contribution in [0.3, 0.4) is 0 Å². The highest BCUT2D eigenvalue weighted by Crippen LogP contribution is 2.26. The Morgan fingerprint density at radius 3 is 3.07 bits per heavy atom. The van der Waals surface area contributed by atoms with Crippen LogP contribution in [0, 0.1) is 12.8 Å². The number of fused-ring (bicyclic) bond motifs is 1. The maximum atomic E-state index is 4.57. The third-order valence-corrected chi connectivity index (χ3v) is 3.32. The molecule has 1 unspecified atom stereocenters. The first-order chi connectivity index (χ1) is 6.72. The highest BCUT2D eigenvalue weighted by molar-refractivity contribution is 5.28. The lowest BCUT2D eigenvalue weighted by Crippen LogP contribution is -2.24. The summed E-state index contributed by atoms with van der Waals surface area (Å²) in [4.78, 5) is 0. The van der Waals surface area contributed by atoms with Gasteiger partial charge in [0.15, 0.2) is 0 Å². The second-order valence-electron chi connectivity index (χ2n) is 4.30. The number of aromatic nitrogens is 2. The van der Waals surface area contributed by atoms with Crippen LogP contribution in [0.15, 0.2) is 0 Å². The van der Waals surface area contributed by atoms with Gasteiger partial charge in [0.2, 0.25) is 0 Å². The van der Waals surface area contributed by atoms with Crippen molar-refractivity contribution in [1.29, 1.82) is 0 Å². The maximum absolute atomic E-state index is 4.57. The van der Waals surface area contributed by atoms with Crippen LogP contribution in [0.25, 0.3) is 0 Å². The van der Waals surface area contributed by atoms with E-state index in [2.05, 4.69) is 17.3 Å². The molecule has 0 bridgehead atoms. The number of hydrogen-bond acceptors (Lipinski definition) is 2. The fourth-order valence-corrected chi connectivity index (χ4v) is 2.40. The molecule has 1 atom stereocenters. The fourth-order valence-electron chi connectivity index (χ4n) is 2.40. The molecule has 0 fully saturated rings. The Kier molecular flexibility index (Phi) is 2.59. The second kappa shape index (κ2) is 3.73. The molecule has 0 spiro atoms. The minimum absolute atomic E-state index is 0.779. The largest absolute Gasteiger partial charge is 0.319 e. The summed E-state index contributed by atoms with van der Waals surface area (Å²) in [5, 5.41) is 7.83. The molecule has 3 heteroatoms. The summed E-state index contributed by atoms with van der Waals surface area (Å²) in [6.45, 7) is 3.29. The number of aryl methyl sites for hydroxylation is 1. The Bertz CT molecular complexity index is 328. The van der Waals surface area contributed by atoms with Gasteiger partial charge in [-0.25, -0.2) is 0 Å². The molecule has 0 saturated carbocycles. The zero-order valence-electron chi connectivity index (χ0n) is 9.30. The van der Waals surface area contributed by atoms with Crippen LogP contribution in [0.5, 0.6) is 0 Å². The van der Waals surface area contributed by atoms with Gasteiger partial charge in [0.05, 0.1) is 5.69 Å². The van der Waals surface area contributed by atoms with E-state index in [-0.39, 0.29) is 0 Å². The molecule has 1 heterocycles. The molecule has 2 rings (SSSR count). The molecule has 1 N–H and O–H groups in total. The van der Waals surface area contributed by atoms with Crippen molar-refractivity contribution in [2.24, 2.45) is 13.0 Å². The third kappa shape index (κ3) is 1.57. The lowest BCUT2D eigenvalue weighted by Gasteiger charge is -2.20. The van der Waals surface area contributed by atoms with Gasteiger partial charge in [-0.2, -0.15) is 5.10 Å². The highest BCUT2D eigenvalue weighted by Gasteiger charge is 2.22. The van der Waals surface area contributed by atoms with E-state index in [0.717, 1.165) is 18.9 Å². The van der Waals surface area contributed by atoms with Crippen LogP contribution in [0.4, 0.5) is 0 Å². The van der Waals surface area contributed by atoms with E-state index in [0.29, 0.717) is 0 Å². The van der Waals surface area contributed by atoms with Gasteiger partial charge in [-0.1, -0.05) is 0 Å². The normalized spacial score (nSPS) is 20.9. The monoisotopic (exact) mass is 193 g/mol. The summed E-state index contributed by atoms with van der Waals surface area (Å²) >= 11 is 0. The Hall–Kier alpha value is -0.830. The van der Waals surface area contributed by atoms with Crippen molar-refractivity contribution in [3.05, 3.63) is 17.0 Å². The van der Waals surface area contributed by atoms with Crippen LogP contribution >= 0.6 is 0 Å². The first-order valence-electron chi connectivity index (χ1n) is 5.38. The molecular formula is C11H19N3. The van der Waals surface area contributed by atoms with Crippen LogP contribution in [-0.2, 0) is 19.9 Å². The Morgan fingerprint density at radius 1 is 1.57 bits per heavy atom. The topological polar surface area (TPSA) is 29.9 Å². The van der Waals surface area contributed by atoms with Crippen molar-refractivity contribution in [1.82, 2.24) is 15.1 Å². The molecule has 0 amide bonds. The summed E-state index contributed by atoms with van der Waals surface area (Å²) in [7, 11) is 4.07. The number of nitrogens with one attached hydrogen (secondary N) is 1. The second-order valence-corrected chi connectivity index (χ2v) is 4.30. The molecule has 78 valence electrons. The molecule has 3 nitrogen and oxygen atoms in total. The van der Waals surface area contributed by atoms with Gasteiger partial charge >= 0.3 is 0 Å². The molecule has 0 radical (unpaired) electrons. The molecule has 1 aromatic rings. The molecule has 1 aliphatic rings. The zero-order chi connectivity index (χ0) is 10.1. The smallest absolute Gasteiger partial charge is 0.0662 e. The summed E-state index contributed by atoms with van der Waals surface area (Å²) in [6.07, 6.45) is 3.67. The van der Waals surface area contributed by atoms with Gasteiger partial charge in [-0.3, -0.25) is 4.68 Å². The standard InChI is InChI=1S/C11H19N3/c1-8-10-5-4-9(7-12-2)6-11(10)13-14(8)3/h9,12H,4-7H2,1-3H3. The SMILES string of the molecule is CNCC1CCc2c(nn(C)c2C)C1. The summed E-state index contributed by atoms with van der Waals surface area (Å²) in [5.74, 6) is 0.779. The highest BCUT2D eigenvalue weighted by atomic mass is 15.3. The van der Waals surface area contributed by atoms with Gasteiger partial charge in [0.1, 0.15) is 0 Å². The van der Waals surface area contributed by atoms with Crippen LogP contribution in [0.2, 0.25) is 0 Å². The number of hydrogen-bond donors (Lipinski definition) is 1. The quantitative estimate of drug-likeness (QED) is 0.761. The van der Waals surface area contributed by atoms with Gasteiger partial charge in [-0.05, 0) is 51.3 Å². The van der Waals surface area contributed by atoms with Crippen molar-refractivity contribution in [2.75, 3.05) is 13.6 Å². The third-order valence-electron chi connectivity index (χ3n) is 3.32. The van der Waals surface area contributed by atoms with Gasteiger partial charge in [-0.15, -0.1) is 0 Å². The lowest BCUT2D eigenvalue weighted by atomic mass is 9.87. The van der Waals surface area contributed by atoms with Crippen molar-refractivity contribution >= 4 is 0 Å². The van der Waals surface area contributed by atoms with E-state index in [1.54, 1.807) is 0 Å². The van der Waals surface area contributed by atoms with Crippen molar-refractivity contribution in [3.63, 3.8) is 0 Å². The van der Waals surface area contributed by atoms with E-state index >= 15 is 0 Å². The fraction of sp³-hybridized carbons (Fsp3) is 0.727. The molecule has 1 aromatic heterocycles. The van der Waals surface area contributed by atoms with E-state index in [1.165, 1.54) is 29.8 Å². The molecule has 0 saturated heterocycles. The minimum Gasteiger partial charge on any atom is -0.319 e. The van der Waals surface area contributed by atoms with Crippen LogP contribution < -0.4 is 5.32 Å². The maximum Gasteiger partial charge on any atom is 0.0662 e. The first kappa shape index (κ1) is 9.71. The van der Waals surface area contributed by atoms with Crippen molar-refractivity contribution in [3.8, 4) is 0 Å². The van der Waals surface area contributed by atoms with E-state index < -0.39 is 0 Å². The van der Waals surface area contributed by atoms with E-state index in [9.17, 15) is 0 Å². The van der Waals surface area contributed by atoms with Gasteiger partial charge in [0.25, 0.3) is 0 Å². The summed E-state index contributed by atoms with van der Waals surface area (Å²) in [5.41, 5.74) is 4.18. The molecule has 0 aromatic carbocycles. The predicted molar refractivity (Wildman–Crippen MR) is 57.4 cm³/mol. The Balaban J connectivity index is 2.19. The van der Waals surface area contributed by atoms with Crippen molar-refractivity contribution in [2.45, 2.75) is 26.2 Å².